The molecule has 3 nitrogen and oxygen atoms in total. The number of aliphatic hydroxyl groups excluding tert-OH is 1. The molecule has 0 aliphatic heterocycles. The molecule has 0 rings (SSSR count). The maximum Gasteiger partial charge on any atom is 0.224 e. The second-order valence-corrected chi connectivity index (χ2v) is 2.29. The number of nitrogens with zero attached hydrogens (tertiary/aromatic N) is 1. The molecule has 0 aromatic heterocycles. The van der Waals surface area contributed by atoms with Gasteiger partial charge >= 0.3 is 0 Å². The second-order valence-electron chi connectivity index (χ2n) is 2.29. The zero-order valence-electron chi connectivity index (χ0n) is 6.63. The van der Waals surface area contributed by atoms with E-state index >= 15 is 0 Å². The molecule has 10 heavy (non-hydrogen) atoms. The molecule has 60 valence electrons. The third kappa shape index (κ3) is 3.45. The molecule has 0 aromatic rings. The Balaban J connectivity index is 3.49. The van der Waals surface area contributed by atoms with Crippen LogP contribution in [0.15, 0.2) is 0 Å². The van der Waals surface area contributed by atoms with Crippen molar-refractivity contribution in [2.24, 2.45) is 0 Å². The fourth-order valence-electron chi connectivity index (χ4n) is 0.747. The average molecular weight is 145 g/mol. The van der Waals surface area contributed by atoms with Gasteiger partial charge in [0.05, 0.1) is 6.61 Å². The van der Waals surface area contributed by atoms with Gasteiger partial charge in [-0.1, -0.05) is 6.92 Å². The van der Waals surface area contributed by atoms with Crippen molar-refractivity contribution >= 4 is 5.91 Å². The quantitative estimate of drug-likeness (QED) is 0.615. The summed E-state index contributed by atoms with van der Waals surface area (Å²) < 4.78 is 0. The third-order valence-electron chi connectivity index (χ3n) is 1.31. The lowest BCUT2D eigenvalue weighted by Gasteiger charge is -2.14. The zero-order chi connectivity index (χ0) is 7.98. The molecule has 0 spiro atoms. The van der Waals surface area contributed by atoms with Gasteiger partial charge in [0.2, 0.25) is 5.91 Å². The van der Waals surface area contributed by atoms with Crippen molar-refractivity contribution in [3.63, 3.8) is 0 Å². The summed E-state index contributed by atoms with van der Waals surface area (Å²) in [5, 5.41) is 8.41. The minimum absolute atomic E-state index is 0.0179. The lowest BCUT2D eigenvalue weighted by atomic mass is 10.3. The number of hydrogen-bond donors (Lipinski definition) is 1. The van der Waals surface area contributed by atoms with E-state index in [1.165, 1.54) is 0 Å². The van der Waals surface area contributed by atoms with E-state index in [0.29, 0.717) is 0 Å². The molecule has 0 unspecified atom stereocenters. The topological polar surface area (TPSA) is 40.5 Å². The predicted octanol–water partition coefficient (Wildman–Crippen LogP) is 0.237. The zero-order valence-corrected chi connectivity index (χ0v) is 6.63. The number of carbonyl (C=O) groups excluding carboxylic acids is 1. The molecule has 1 N–H and O–H groups in total. The maximum atomic E-state index is 10.9. The van der Waals surface area contributed by atoms with Crippen molar-refractivity contribution in [1.29, 1.82) is 0 Å². The molecule has 0 heterocycles. The maximum absolute atomic E-state index is 10.9. The Kier molecular flexibility index (Phi) is 4.94. The van der Waals surface area contributed by atoms with E-state index in [4.69, 9.17) is 5.11 Å². The summed E-state index contributed by atoms with van der Waals surface area (Å²) in [6.07, 6.45) is 1.21. The Morgan fingerprint density at radius 3 is 2.60 bits per heavy atom. The minimum Gasteiger partial charge on any atom is -0.396 e. The SMILES string of the molecule is CCCN(C)C(=O)CCO. The molecule has 1 amide bonds. The monoisotopic (exact) mass is 145 g/mol. The lowest BCUT2D eigenvalue weighted by molar-refractivity contribution is -0.130. The summed E-state index contributed by atoms with van der Waals surface area (Å²) in [6, 6.07) is 0. The van der Waals surface area contributed by atoms with Crippen LogP contribution in [0.25, 0.3) is 0 Å². The van der Waals surface area contributed by atoms with Crippen molar-refractivity contribution in [3.05, 3.63) is 0 Å². The fraction of sp³-hybridized carbons (Fsp3) is 0.857. The highest BCUT2D eigenvalue weighted by Gasteiger charge is 2.04. The molecule has 0 bridgehead atoms. The van der Waals surface area contributed by atoms with Crippen LogP contribution in [0, 0.1) is 0 Å². The van der Waals surface area contributed by atoms with Crippen LogP contribution in [0.3, 0.4) is 0 Å². The first-order chi connectivity index (χ1) is 4.72. The number of amides is 1. The largest absolute Gasteiger partial charge is 0.396 e. The summed E-state index contributed by atoms with van der Waals surface area (Å²) in [4.78, 5) is 12.5. The predicted molar refractivity (Wildman–Crippen MR) is 39.6 cm³/mol. The van der Waals surface area contributed by atoms with E-state index in [1.807, 2.05) is 6.92 Å². The standard InChI is InChI=1S/C7H15NO2/c1-3-5-8(2)7(10)4-6-9/h9H,3-6H2,1-2H3. The summed E-state index contributed by atoms with van der Waals surface area (Å²) in [5.41, 5.74) is 0. The fourth-order valence-corrected chi connectivity index (χ4v) is 0.747. The first-order valence-corrected chi connectivity index (χ1v) is 3.57. The van der Waals surface area contributed by atoms with Crippen LogP contribution in [0.5, 0.6) is 0 Å². The van der Waals surface area contributed by atoms with Gasteiger partial charge < -0.3 is 10.0 Å². The number of aliphatic hydroxyl groups is 1. The Hall–Kier alpha value is -0.570. The first-order valence-electron chi connectivity index (χ1n) is 3.57. The molecule has 0 radical (unpaired) electrons. The summed E-state index contributed by atoms with van der Waals surface area (Å²) in [6.45, 7) is 2.74. The van der Waals surface area contributed by atoms with Crippen molar-refractivity contribution in [2.75, 3.05) is 20.2 Å². The van der Waals surface area contributed by atoms with Gasteiger partial charge in [-0.2, -0.15) is 0 Å². The van der Waals surface area contributed by atoms with Crippen molar-refractivity contribution in [3.8, 4) is 0 Å². The molecule has 0 fully saturated rings. The lowest BCUT2D eigenvalue weighted by Crippen LogP contribution is -2.27. The number of rotatable bonds is 4. The molecule has 0 saturated carbocycles. The van der Waals surface area contributed by atoms with Crippen LogP contribution < -0.4 is 0 Å². The highest BCUT2D eigenvalue weighted by Crippen LogP contribution is 1.90. The van der Waals surface area contributed by atoms with Crippen molar-refractivity contribution < 1.29 is 9.90 Å². The molecule has 0 saturated heterocycles. The van der Waals surface area contributed by atoms with E-state index in [-0.39, 0.29) is 18.9 Å². The number of hydrogen-bond acceptors (Lipinski definition) is 2. The van der Waals surface area contributed by atoms with Gasteiger partial charge in [0.15, 0.2) is 0 Å². The van der Waals surface area contributed by atoms with E-state index < -0.39 is 0 Å². The van der Waals surface area contributed by atoms with E-state index in [2.05, 4.69) is 0 Å². The Morgan fingerprint density at radius 1 is 1.60 bits per heavy atom. The Morgan fingerprint density at radius 2 is 2.20 bits per heavy atom. The molecular formula is C7H15NO2. The van der Waals surface area contributed by atoms with Crippen LogP contribution in [0.1, 0.15) is 19.8 Å². The van der Waals surface area contributed by atoms with Crippen LogP contribution in [0.2, 0.25) is 0 Å². The van der Waals surface area contributed by atoms with Crippen molar-refractivity contribution in [2.45, 2.75) is 19.8 Å². The van der Waals surface area contributed by atoms with Gasteiger partial charge in [-0.05, 0) is 6.42 Å². The van der Waals surface area contributed by atoms with Gasteiger partial charge in [0.1, 0.15) is 0 Å². The van der Waals surface area contributed by atoms with Gasteiger partial charge in [-0.15, -0.1) is 0 Å². The normalized spacial score (nSPS) is 9.50. The summed E-state index contributed by atoms with van der Waals surface area (Å²) in [7, 11) is 1.75. The molecule has 0 atom stereocenters. The van der Waals surface area contributed by atoms with Crippen LogP contribution in [0.4, 0.5) is 0 Å². The molecule has 0 aliphatic carbocycles. The smallest absolute Gasteiger partial charge is 0.224 e. The highest BCUT2D eigenvalue weighted by molar-refractivity contribution is 5.75. The Bertz CT molecular complexity index is 104. The average Bonchev–Trinajstić information content (AvgIpc) is 1.89. The molecule has 3 heteroatoms. The highest BCUT2D eigenvalue weighted by atomic mass is 16.3. The van der Waals surface area contributed by atoms with Crippen LogP contribution >= 0.6 is 0 Å². The summed E-state index contributed by atoms with van der Waals surface area (Å²) in [5.74, 6) is 0.0179. The Labute approximate surface area is 61.6 Å². The van der Waals surface area contributed by atoms with Gasteiger partial charge in [0.25, 0.3) is 0 Å². The minimum atomic E-state index is -0.0487. The second kappa shape index (κ2) is 5.23. The first kappa shape index (κ1) is 9.43. The van der Waals surface area contributed by atoms with E-state index in [9.17, 15) is 4.79 Å². The van der Waals surface area contributed by atoms with Gasteiger partial charge in [-0.25, -0.2) is 0 Å². The molecular weight excluding hydrogens is 130 g/mol. The van der Waals surface area contributed by atoms with Crippen LogP contribution in [-0.4, -0.2) is 36.1 Å². The third-order valence-corrected chi connectivity index (χ3v) is 1.31. The van der Waals surface area contributed by atoms with Gasteiger partial charge in [0, 0.05) is 20.0 Å². The van der Waals surface area contributed by atoms with Gasteiger partial charge in [-0.3, -0.25) is 4.79 Å². The molecule has 0 aliphatic rings. The van der Waals surface area contributed by atoms with Crippen molar-refractivity contribution in [1.82, 2.24) is 4.90 Å². The van der Waals surface area contributed by atoms with E-state index in [0.717, 1.165) is 13.0 Å². The summed E-state index contributed by atoms with van der Waals surface area (Å²) >= 11 is 0. The molecule has 0 aromatic carbocycles. The number of carbonyl (C=O) groups is 1. The van der Waals surface area contributed by atoms with E-state index in [1.54, 1.807) is 11.9 Å². The van der Waals surface area contributed by atoms with Crippen LogP contribution in [-0.2, 0) is 4.79 Å².